The molecule has 1 saturated carbocycles. The summed E-state index contributed by atoms with van der Waals surface area (Å²) in [5, 5.41) is 2.48. The minimum Gasteiger partial charge on any atom is -0.303 e. The van der Waals surface area contributed by atoms with Crippen molar-refractivity contribution in [1.29, 1.82) is 0 Å². The fourth-order valence-electron chi connectivity index (χ4n) is 2.29. The summed E-state index contributed by atoms with van der Waals surface area (Å²) in [6.07, 6.45) is 2.61. The second-order valence-electron chi connectivity index (χ2n) is 4.54. The first-order valence-electron chi connectivity index (χ1n) is 6.02. The van der Waals surface area contributed by atoms with E-state index in [4.69, 9.17) is 5.84 Å². The Morgan fingerprint density at radius 1 is 1.17 bits per heavy atom. The number of rotatable bonds is 2. The number of nitrogens with one attached hydrogen (secondary N) is 1. The number of amidine groups is 1. The van der Waals surface area contributed by atoms with Crippen LogP contribution in [0.15, 0.2) is 41.4 Å². The van der Waals surface area contributed by atoms with E-state index in [1.54, 1.807) is 0 Å². The number of hydrogen-bond acceptors (Lipinski definition) is 2. The number of nitrogens with zero attached hydrogens (tertiary/aromatic N) is 1. The van der Waals surface area contributed by atoms with E-state index in [0.717, 1.165) is 11.6 Å². The molecular formula is C14H14BrN3. The van der Waals surface area contributed by atoms with E-state index >= 15 is 0 Å². The normalized spacial score (nSPS) is 16.0. The Hall–Kier alpha value is -1.39. The number of fused-ring (bicyclic) bond motifs is 1. The standard InChI is InChI=1S/C14H14BrN3/c15-14(18-16)17-13-8-7-10(9-5-6-9)11-3-1-2-4-12(11)13/h1-4,7-9H,5-6,16H2,(H,17,18). The van der Waals surface area contributed by atoms with Crippen LogP contribution < -0.4 is 11.3 Å². The Balaban J connectivity index is 2.19. The van der Waals surface area contributed by atoms with Crippen LogP contribution in [0.3, 0.4) is 0 Å². The molecule has 0 unspecified atom stereocenters. The van der Waals surface area contributed by atoms with Gasteiger partial charge in [0.1, 0.15) is 0 Å². The summed E-state index contributed by atoms with van der Waals surface area (Å²) in [5.41, 5.74) is 4.87. The zero-order valence-corrected chi connectivity index (χ0v) is 11.4. The van der Waals surface area contributed by atoms with E-state index in [9.17, 15) is 0 Å². The van der Waals surface area contributed by atoms with Gasteiger partial charge in [0, 0.05) is 5.39 Å². The molecule has 3 N–H and O–H groups in total. The van der Waals surface area contributed by atoms with Crippen LogP contribution in [0.1, 0.15) is 24.3 Å². The summed E-state index contributed by atoms with van der Waals surface area (Å²) < 4.78 is 0.534. The second kappa shape index (κ2) is 4.71. The zero-order chi connectivity index (χ0) is 12.5. The highest BCUT2D eigenvalue weighted by Crippen LogP contribution is 2.44. The topological polar surface area (TPSA) is 50.4 Å². The summed E-state index contributed by atoms with van der Waals surface area (Å²) in [4.78, 5) is 4.42. The summed E-state index contributed by atoms with van der Waals surface area (Å²) in [6, 6.07) is 12.7. The summed E-state index contributed by atoms with van der Waals surface area (Å²) in [6.45, 7) is 0. The van der Waals surface area contributed by atoms with Crippen molar-refractivity contribution in [1.82, 2.24) is 5.43 Å². The van der Waals surface area contributed by atoms with Gasteiger partial charge in [0.2, 0.25) is 0 Å². The highest BCUT2D eigenvalue weighted by Gasteiger charge is 2.25. The SMILES string of the molecule is NNC(Br)=Nc1ccc(C2CC2)c2ccccc12. The number of hydrazine groups is 1. The van der Waals surface area contributed by atoms with Gasteiger partial charge < -0.3 is 5.43 Å². The van der Waals surface area contributed by atoms with E-state index in [0.29, 0.717) is 4.74 Å². The lowest BCUT2D eigenvalue weighted by molar-refractivity contribution is 1.05. The predicted molar refractivity (Wildman–Crippen MR) is 79.3 cm³/mol. The van der Waals surface area contributed by atoms with Gasteiger partial charge in [0.25, 0.3) is 0 Å². The summed E-state index contributed by atoms with van der Waals surface area (Å²) in [7, 11) is 0. The van der Waals surface area contributed by atoms with Gasteiger partial charge in [0.05, 0.1) is 5.69 Å². The molecule has 0 heterocycles. The van der Waals surface area contributed by atoms with Gasteiger partial charge in [-0.2, -0.15) is 0 Å². The molecule has 0 aliphatic heterocycles. The van der Waals surface area contributed by atoms with Crippen molar-refractivity contribution >= 4 is 37.1 Å². The van der Waals surface area contributed by atoms with Crippen molar-refractivity contribution in [3.63, 3.8) is 0 Å². The van der Waals surface area contributed by atoms with Crippen LogP contribution in [0.4, 0.5) is 5.69 Å². The molecule has 1 fully saturated rings. The van der Waals surface area contributed by atoms with Crippen LogP contribution >= 0.6 is 15.9 Å². The van der Waals surface area contributed by atoms with Crippen molar-refractivity contribution in [3.8, 4) is 0 Å². The van der Waals surface area contributed by atoms with Gasteiger partial charge in [-0.15, -0.1) is 0 Å². The molecule has 0 amide bonds. The Kier molecular flexibility index (Phi) is 3.06. The molecule has 2 aromatic carbocycles. The van der Waals surface area contributed by atoms with Gasteiger partial charge in [-0.1, -0.05) is 30.3 Å². The van der Waals surface area contributed by atoms with Crippen LogP contribution in [-0.2, 0) is 0 Å². The Labute approximate surface area is 114 Å². The lowest BCUT2D eigenvalue weighted by atomic mass is 10.00. The van der Waals surface area contributed by atoms with Crippen LogP contribution in [0.25, 0.3) is 10.8 Å². The van der Waals surface area contributed by atoms with Crippen molar-refractivity contribution in [3.05, 3.63) is 42.0 Å². The molecule has 0 bridgehead atoms. The maximum atomic E-state index is 5.32. The third-order valence-corrected chi connectivity index (χ3v) is 3.70. The molecule has 92 valence electrons. The molecule has 1 aliphatic carbocycles. The molecule has 0 saturated heterocycles. The largest absolute Gasteiger partial charge is 0.303 e. The van der Waals surface area contributed by atoms with Gasteiger partial charge in [-0.3, -0.25) is 0 Å². The molecule has 0 aromatic heterocycles. The monoisotopic (exact) mass is 303 g/mol. The fourth-order valence-corrected chi connectivity index (χ4v) is 2.48. The van der Waals surface area contributed by atoms with Crippen molar-refractivity contribution in [2.45, 2.75) is 18.8 Å². The highest BCUT2D eigenvalue weighted by molar-refractivity contribution is 9.18. The van der Waals surface area contributed by atoms with Gasteiger partial charge in [-0.05, 0) is 51.7 Å². The van der Waals surface area contributed by atoms with E-state index in [-0.39, 0.29) is 0 Å². The molecular weight excluding hydrogens is 290 g/mol. The molecule has 4 heteroatoms. The fraction of sp³-hybridized carbons (Fsp3) is 0.214. The number of aliphatic imine (C=N–C) groups is 1. The first-order valence-corrected chi connectivity index (χ1v) is 6.81. The lowest BCUT2D eigenvalue weighted by Crippen LogP contribution is -2.25. The first-order chi connectivity index (χ1) is 8.79. The molecule has 0 radical (unpaired) electrons. The van der Waals surface area contributed by atoms with E-state index in [2.05, 4.69) is 56.7 Å². The van der Waals surface area contributed by atoms with Gasteiger partial charge in [0.15, 0.2) is 4.74 Å². The quantitative estimate of drug-likeness (QED) is 0.293. The van der Waals surface area contributed by atoms with Crippen LogP contribution in [0.5, 0.6) is 0 Å². The summed E-state index contributed by atoms with van der Waals surface area (Å²) in [5.74, 6) is 6.06. The molecule has 1 aliphatic rings. The zero-order valence-electron chi connectivity index (χ0n) is 9.86. The third kappa shape index (κ3) is 2.13. The molecule has 3 rings (SSSR count). The molecule has 18 heavy (non-hydrogen) atoms. The van der Waals surface area contributed by atoms with Gasteiger partial charge in [-0.25, -0.2) is 10.8 Å². The van der Waals surface area contributed by atoms with Crippen molar-refractivity contribution in [2.75, 3.05) is 0 Å². The maximum Gasteiger partial charge on any atom is 0.185 e. The van der Waals surface area contributed by atoms with Crippen molar-refractivity contribution < 1.29 is 0 Å². The first kappa shape index (κ1) is 11.7. The number of nitrogens with two attached hydrogens (primary N) is 1. The number of hydrogen-bond donors (Lipinski definition) is 2. The van der Waals surface area contributed by atoms with E-state index in [1.165, 1.54) is 29.2 Å². The minimum absolute atomic E-state index is 0.534. The summed E-state index contributed by atoms with van der Waals surface area (Å²) >= 11 is 3.27. The van der Waals surface area contributed by atoms with Crippen LogP contribution in [0, 0.1) is 0 Å². The average Bonchev–Trinajstić information content (AvgIpc) is 3.23. The second-order valence-corrected chi connectivity index (χ2v) is 5.29. The Morgan fingerprint density at radius 2 is 1.89 bits per heavy atom. The van der Waals surface area contributed by atoms with Gasteiger partial charge >= 0.3 is 0 Å². The molecule has 3 nitrogen and oxygen atoms in total. The predicted octanol–water partition coefficient (Wildman–Crippen LogP) is 3.56. The van der Waals surface area contributed by atoms with E-state index in [1.807, 2.05) is 6.07 Å². The van der Waals surface area contributed by atoms with E-state index < -0.39 is 0 Å². The lowest BCUT2D eigenvalue weighted by Gasteiger charge is -2.08. The number of halogens is 1. The highest BCUT2D eigenvalue weighted by atomic mass is 79.9. The average molecular weight is 304 g/mol. The maximum absolute atomic E-state index is 5.32. The molecule has 0 atom stereocenters. The Morgan fingerprint density at radius 3 is 2.56 bits per heavy atom. The van der Waals surface area contributed by atoms with Crippen molar-refractivity contribution in [2.24, 2.45) is 10.8 Å². The third-order valence-electron chi connectivity index (χ3n) is 3.29. The molecule has 0 spiro atoms. The minimum atomic E-state index is 0.534. The smallest absolute Gasteiger partial charge is 0.185 e. The number of benzene rings is 2. The van der Waals surface area contributed by atoms with Crippen LogP contribution in [0.2, 0.25) is 0 Å². The molecule has 2 aromatic rings. The van der Waals surface area contributed by atoms with Crippen LogP contribution in [-0.4, -0.2) is 4.74 Å². The Bertz CT molecular complexity index is 617.